The molecule has 0 atom stereocenters. The highest BCUT2D eigenvalue weighted by molar-refractivity contribution is 5.80. The molecule has 0 bridgehead atoms. The monoisotopic (exact) mass is 1380 g/mol. The maximum atomic E-state index is 15.9. The lowest BCUT2D eigenvalue weighted by Crippen LogP contribution is -2.54. The van der Waals surface area contributed by atoms with Crippen molar-refractivity contribution < 1.29 is 35.8 Å². The summed E-state index contributed by atoms with van der Waals surface area (Å²) < 4.78 is 110. The number of hydrogen-bond donors (Lipinski definition) is 0. The summed E-state index contributed by atoms with van der Waals surface area (Å²) in [6.07, 6.45) is -6.45. The molecule has 14 rings (SSSR count). The van der Waals surface area contributed by atoms with E-state index >= 15 is 26.3 Å². The second kappa shape index (κ2) is 28.5. The molecule has 11 aromatic carbocycles. The van der Waals surface area contributed by atoms with Crippen LogP contribution < -0.4 is 9.47 Å². The molecular formula is C87H63F6N9O2. The number of rotatable bonds is 19. The zero-order chi connectivity index (χ0) is 72.2. The summed E-state index contributed by atoms with van der Waals surface area (Å²) in [5, 5.41) is 9.57. The third kappa shape index (κ3) is 14.0. The average molecular weight is 1380 g/mol. The van der Waals surface area contributed by atoms with Crippen LogP contribution in [-0.4, -0.2) is 57.0 Å². The lowest BCUT2D eigenvalue weighted by molar-refractivity contribution is -0.288. The van der Waals surface area contributed by atoms with Crippen molar-refractivity contribution in [2.24, 2.45) is 0 Å². The van der Waals surface area contributed by atoms with Crippen molar-refractivity contribution in [3.8, 4) is 131 Å². The van der Waals surface area contributed by atoms with Gasteiger partial charge >= 0.3 is 12.4 Å². The fraction of sp³-hybridized carbons (Fsp3) is 0.0805. The molecular weight excluding hydrogens is 1320 g/mol. The van der Waals surface area contributed by atoms with E-state index in [1.807, 2.05) is 199 Å². The number of nitrogens with zero attached hydrogens (tertiary/aromatic N) is 9. The lowest BCUT2D eigenvalue weighted by atomic mass is 9.73. The van der Waals surface area contributed by atoms with Crippen molar-refractivity contribution in [3.05, 3.63) is 339 Å². The van der Waals surface area contributed by atoms with Gasteiger partial charge in [0.1, 0.15) is 23.0 Å². The number of halogens is 6. The van der Waals surface area contributed by atoms with Gasteiger partial charge in [-0.05, 0) is 118 Å². The van der Waals surface area contributed by atoms with Gasteiger partial charge < -0.3 is 9.47 Å². The van der Waals surface area contributed by atoms with Crippen LogP contribution in [0, 0.1) is 0 Å². The fourth-order valence-corrected chi connectivity index (χ4v) is 12.4. The van der Waals surface area contributed by atoms with E-state index in [1.165, 1.54) is 0 Å². The first-order chi connectivity index (χ1) is 50.3. The normalized spacial score (nSPS) is 12.0. The highest BCUT2D eigenvalue weighted by Crippen LogP contribution is 2.57. The van der Waals surface area contributed by atoms with Gasteiger partial charge in [-0.15, -0.1) is 10.2 Å². The molecule has 0 saturated heterocycles. The summed E-state index contributed by atoms with van der Waals surface area (Å²) in [4.78, 5) is 29.1. The summed E-state index contributed by atoms with van der Waals surface area (Å²) in [6.45, 7) is 14.3. The third-order valence-corrected chi connectivity index (χ3v) is 17.7. The smallest absolute Gasteiger partial charge is 0.411 e. The first-order valence-electron chi connectivity index (χ1n) is 33.2. The molecule has 11 nitrogen and oxygen atoms in total. The van der Waals surface area contributed by atoms with Gasteiger partial charge in [0.2, 0.25) is 5.41 Å². The van der Waals surface area contributed by atoms with Gasteiger partial charge in [-0.1, -0.05) is 258 Å². The minimum Gasteiger partial charge on any atom is -0.457 e. The lowest BCUT2D eigenvalue weighted by Gasteiger charge is -2.38. The van der Waals surface area contributed by atoms with E-state index in [1.54, 1.807) is 48.6 Å². The van der Waals surface area contributed by atoms with E-state index in [-0.39, 0.29) is 28.4 Å². The van der Waals surface area contributed by atoms with E-state index in [9.17, 15) is 0 Å². The zero-order valence-electron chi connectivity index (χ0n) is 56.4. The maximum Gasteiger partial charge on any atom is 0.411 e. The van der Waals surface area contributed by atoms with Gasteiger partial charge in [-0.25, -0.2) is 29.9 Å². The Hall–Kier alpha value is -13.0. The second-order valence-corrected chi connectivity index (χ2v) is 25.5. The Morgan fingerprint density at radius 2 is 0.692 bits per heavy atom. The average Bonchev–Trinajstić information content (AvgIpc) is 0.808. The molecule has 0 radical (unpaired) electrons. The van der Waals surface area contributed by atoms with Crippen LogP contribution in [0.4, 0.5) is 26.3 Å². The Kier molecular flexibility index (Phi) is 18.7. The Morgan fingerprint density at radius 1 is 0.356 bits per heavy atom. The third-order valence-electron chi connectivity index (χ3n) is 17.7. The number of allylic oxidation sites excluding steroid dienone is 4. The summed E-state index contributed by atoms with van der Waals surface area (Å²) in [7, 11) is 0. The van der Waals surface area contributed by atoms with Crippen LogP contribution in [-0.2, 0) is 10.8 Å². The van der Waals surface area contributed by atoms with E-state index < -0.39 is 28.9 Å². The predicted molar refractivity (Wildman–Crippen MR) is 396 cm³/mol. The number of hydrogen-bond acceptors (Lipinski definition) is 10. The quantitative estimate of drug-likeness (QED) is 0.0570. The predicted octanol–water partition coefficient (Wildman–Crippen LogP) is 22.7. The van der Waals surface area contributed by atoms with Crippen LogP contribution in [0.1, 0.15) is 43.0 Å². The van der Waals surface area contributed by atoms with Crippen molar-refractivity contribution >= 4 is 5.57 Å². The first-order valence-corrected chi connectivity index (χ1v) is 33.2. The number of aromatic nitrogens is 9. The molecule has 0 fully saturated rings. The highest BCUT2D eigenvalue weighted by atomic mass is 19.4. The molecule has 0 aliphatic heterocycles. The van der Waals surface area contributed by atoms with Gasteiger partial charge in [0.25, 0.3) is 0 Å². The second-order valence-electron chi connectivity index (χ2n) is 25.5. The van der Waals surface area contributed by atoms with E-state index in [2.05, 4.69) is 46.1 Å². The zero-order valence-corrected chi connectivity index (χ0v) is 56.4. The minimum absolute atomic E-state index is 0.0154. The van der Waals surface area contributed by atoms with Crippen molar-refractivity contribution in [2.75, 3.05) is 0 Å². The Labute approximate surface area is 596 Å². The molecule has 17 heteroatoms. The van der Waals surface area contributed by atoms with Crippen molar-refractivity contribution in [1.29, 1.82) is 0 Å². The van der Waals surface area contributed by atoms with Gasteiger partial charge in [0.05, 0.1) is 0 Å². The minimum atomic E-state index is -5.90. The summed E-state index contributed by atoms with van der Waals surface area (Å²) in [6, 6.07) is 80.8. The van der Waals surface area contributed by atoms with E-state index in [0.29, 0.717) is 74.5 Å². The Morgan fingerprint density at radius 3 is 1.08 bits per heavy atom. The number of ether oxygens (including phenoxy) is 2. The SMILES string of the molecule is C=C/C=C(\C=C)c1ccc(-c2nnc(-c3ccc(C(C)(C)C)cc3)n2-c2ccc(-c3cc(-c4nc(-c5ccccc5)nc(-c5ccccc5)n4)ccc3Oc3ccc(C(c4ccc(Oc5ccc(-c6nc(-c7ccccc7)nc(-c7ccccc7)n6)cc5)cc4)(C(F)(F)F)C(F)(F)F)cc3)cc2)cc1. The molecule has 3 heterocycles. The van der Waals surface area contributed by atoms with Gasteiger partial charge in [-0.2, -0.15) is 26.3 Å². The highest BCUT2D eigenvalue weighted by Gasteiger charge is 2.72. The van der Waals surface area contributed by atoms with Crippen molar-refractivity contribution in [3.63, 3.8) is 0 Å². The molecule has 104 heavy (non-hydrogen) atoms. The molecule has 0 saturated carbocycles. The van der Waals surface area contributed by atoms with Gasteiger partial charge in [-0.3, -0.25) is 4.57 Å². The van der Waals surface area contributed by atoms with Crippen molar-refractivity contribution in [1.82, 2.24) is 44.7 Å². The van der Waals surface area contributed by atoms with Crippen LogP contribution in [0.5, 0.6) is 23.0 Å². The summed E-state index contributed by atoms with van der Waals surface area (Å²) in [5.41, 5.74) is 3.70. The number of alkyl halides is 6. The molecule has 0 spiro atoms. The molecule has 3 aromatic heterocycles. The van der Waals surface area contributed by atoms with Crippen LogP contribution in [0.2, 0.25) is 0 Å². The molecule has 0 unspecified atom stereocenters. The van der Waals surface area contributed by atoms with Crippen LogP contribution >= 0.6 is 0 Å². The first kappa shape index (κ1) is 68.1. The summed E-state index contributed by atoms with van der Waals surface area (Å²) in [5.74, 6) is 3.89. The van der Waals surface area contributed by atoms with E-state index in [4.69, 9.17) is 49.6 Å². The largest absolute Gasteiger partial charge is 0.457 e. The van der Waals surface area contributed by atoms with Crippen LogP contribution in [0.25, 0.3) is 113 Å². The van der Waals surface area contributed by atoms with Crippen molar-refractivity contribution in [2.45, 2.75) is 44.0 Å². The topological polar surface area (TPSA) is 127 Å². The molecule has 0 N–H and O–H groups in total. The van der Waals surface area contributed by atoms with Gasteiger partial charge in [0, 0.05) is 55.8 Å². The molecule has 14 aromatic rings. The molecule has 0 amide bonds. The molecule has 0 aliphatic rings. The molecule has 510 valence electrons. The standard InChI is InChI=1S/C87H63F6N9O2/c1-6-20-56(7-2)57-29-31-64(32-30-57)82-100-101-83(65-33-40-67(41-34-65)84(3,4)5)102(82)70-46-35-58(36-47-70)74-55-66(81-98-78(61-25-16-10-17-26-61)95-79(99-81)62-27-18-11-19-28-62)39-54-75(74)104-73-52-44-69(45-53-73)85(86(88,89)90,87(91,92)93)68-42-50-72(51-43-68)103-71-48-37-63(38-49-71)80-96-76(59-21-12-8-13-22-59)94-77(97-80)60-23-14-9-15-24-60/h6-55H,1-2H2,3-5H3/b56-20+. The van der Waals surface area contributed by atoms with Gasteiger partial charge in [0.15, 0.2) is 46.6 Å². The Balaban J connectivity index is 0.809. The molecule has 0 aliphatic carbocycles. The maximum absolute atomic E-state index is 15.9. The summed E-state index contributed by atoms with van der Waals surface area (Å²) >= 11 is 0. The van der Waals surface area contributed by atoms with E-state index in [0.717, 1.165) is 98.6 Å². The van der Waals surface area contributed by atoms with Crippen LogP contribution in [0.15, 0.2) is 317 Å². The Bertz CT molecular complexity index is 5290. The van der Waals surface area contributed by atoms with Crippen LogP contribution in [0.3, 0.4) is 0 Å². The fourth-order valence-electron chi connectivity index (χ4n) is 12.4. The number of benzene rings is 11.